The Balaban J connectivity index is 2.92. The van der Waals surface area contributed by atoms with E-state index in [2.05, 4.69) is 0 Å². The predicted octanol–water partition coefficient (Wildman–Crippen LogP) is 4.16. The average Bonchev–Trinajstić information content (AvgIpc) is 2.45. The average molecular weight is 304 g/mol. The molecule has 0 fully saturated rings. The van der Waals surface area contributed by atoms with Crippen LogP contribution in [0.5, 0.6) is 11.5 Å². The summed E-state index contributed by atoms with van der Waals surface area (Å²) in [7, 11) is 1.35. The van der Waals surface area contributed by atoms with Crippen LogP contribution in [0.1, 0.15) is 38.1 Å². The van der Waals surface area contributed by atoms with Crippen molar-refractivity contribution in [2.45, 2.75) is 27.7 Å². The van der Waals surface area contributed by atoms with Gasteiger partial charge in [0.25, 0.3) is 0 Å². The molecule has 0 radical (unpaired) electrons. The van der Waals surface area contributed by atoms with Crippen LogP contribution in [0.15, 0.2) is 41.5 Å². The second-order valence-electron chi connectivity index (χ2n) is 5.37. The SMILES string of the molecule is COC(=O)c1cc(OCC=C(C)C)cc(OCC=C(C)C)c1. The van der Waals surface area contributed by atoms with Gasteiger partial charge >= 0.3 is 5.97 Å². The molecule has 0 saturated heterocycles. The molecule has 0 aliphatic carbocycles. The zero-order chi connectivity index (χ0) is 16.5. The quantitative estimate of drug-likeness (QED) is 0.560. The van der Waals surface area contributed by atoms with Crippen molar-refractivity contribution in [1.29, 1.82) is 0 Å². The second kappa shape index (κ2) is 8.93. The summed E-state index contributed by atoms with van der Waals surface area (Å²) in [4.78, 5) is 11.7. The number of carbonyl (C=O) groups excluding carboxylic acids is 1. The number of benzene rings is 1. The van der Waals surface area contributed by atoms with E-state index in [9.17, 15) is 4.79 Å². The second-order valence-corrected chi connectivity index (χ2v) is 5.37. The van der Waals surface area contributed by atoms with Crippen LogP contribution in [0.25, 0.3) is 0 Å². The Labute approximate surface area is 132 Å². The fraction of sp³-hybridized carbons (Fsp3) is 0.389. The molecule has 22 heavy (non-hydrogen) atoms. The summed E-state index contributed by atoms with van der Waals surface area (Å²) in [5, 5.41) is 0. The van der Waals surface area contributed by atoms with Crippen molar-refractivity contribution >= 4 is 5.97 Å². The Morgan fingerprint density at radius 3 is 1.73 bits per heavy atom. The van der Waals surface area contributed by atoms with Crippen LogP contribution in [-0.2, 0) is 4.74 Å². The monoisotopic (exact) mass is 304 g/mol. The number of allylic oxidation sites excluding steroid dienone is 2. The molecule has 0 saturated carbocycles. The Morgan fingerprint density at radius 1 is 0.909 bits per heavy atom. The molecule has 1 aromatic carbocycles. The molecule has 4 heteroatoms. The number of methoxy groups -OCH3 is 1. The van der Waals surface area contributed by atoms with Crippen LogP contribution in [0.4, 0.5) is 0 Å². The third-order valence-electron chi connectivity index (χ3n) is 2.78. The van der Waals surface area contributed by atoms with Crippen molar-refractivity contribution in [3.05, 3.63) is 47.1 Å². The first-order chi connectivity index (χ1) is 10.4. The van der Waals surface area contributed by atoms with E-state index in [4.69, 9.17) is 14.2 Å². The van der Waals surface area contributed by atoms with Crippen LogP contribution in [0.3, 0.4) is 0 Å². The number of hydrogen-bond acceptors (Lipinski definition) is 4. The molecular weight excluding hydrogens is 280 g/mol. The largest absolute Gasteiger partial charge is 0.489 e. The number of rotatable bonds is 7. The lowest BCUT2D eigenvalue weighted by Gasteiger charge is -2.10. The first-order valence-corrected chi connectivity index (χ1v) is 7.18. The summed E-state index contributed by atoms with van der Waals surface area (Å²) in [6.45, 7) is 8.90. The van der Waals surface area contributed by atoms with E-state index in [0.29, 0.717) is 30.3 Å². The molecule has 0 spiro atoms. The van der Waals surface area contributed by atoms with Gasteiger partial charge in [-0.1, -0.05) is 11.1 Å². The van der Waals surface area contributed by atoms with Gasteiger partial charge in [0.1, 0.15) is 24.7 Å². The van der Waals surface area contributed by atoms with Gasteiger partial charge in [-0.15, -0.1) is 0 Å². The van der Waals surface area contributed by atoms with E-state index >= 15 is 0 Å². The summed E-state index contributed by atoms with van der Waals surface area (Å²) in [6.07, 6.45) is 3.93. The smallest absolute Gasteiger partial charge is 0.338 e. The van der Waals surface area contributed by atoms with Crippen LogP contribution in [0, 0.1) is 0 Å². The molecule has 1 aromatic rings. The molecule has 0 amide bonds. The molecule has 4 nitrogen and oxygen atoms in total. The van der Waals surface area contributed by atoms with Crippen molar-refractivity contribution in [1.82, 2.24) is 0 Å². The normalized spacial score (nSPS) is 9.68. The predicted molar refractivity (Wildman–Crippen MR) is 87.6 cm³/mol. The number of esters is 1. The Hall–Kier alpha value is -2.23. The van der Waals surface area contributed by atoms with Gasteiger partial charge in [-0.05, 0) is 52.0 Å². The molecule has 0 heterocycles. The van der Waals surface area contributed by atoms with Crippen molar-refractivity contribution in [3.63, 3.8) is 0 Å². The molecule has 0 bridgehead atoms. The van der Waals surface area contributed by atoms with Gasteiger partial charge in [-0.25, -0.2) is 4.79 Å². The molecule has 1 rings (SSSR count). The Morgan fingerprint density at radius 2 is 1.36 bits per heavy atom. The van der Waals surface area contributed by atoms with Crippen molar-refractivity contribution in [2.75, 3.05) is 20.3 Å². The number of carbonyl (C=O) groups is 1. The molecule has 0 aromatic heterocycles. The maximum atomic E-state index is 11.7. The summed E-state index contributed by atoms with van der Waals surface area (Å²) in [6, 6.07) is 5.07. The molecule has 120 valence electrons. The Bertz CT molecular complexity index is 522. The zero-order valence-electron chi connectivity index (χ0n) is 13.9. The first kappa shape index (κ1) is 17.8. The van der Waals surface area contributed by atoms with E-state index in [1.165, 1.54) is 18.3 Å². The highest BCUT2D eigenvalue weighted by molar-refractivity contribution is 5.90. The van der Waals surface area contributed by atoms with Gasteiger partial charge in [0.05, 0.1) is 12.7 Å². The van der Waals surface area contributed by atoms with E-state index in [1.807, 2.05) is 39.8 Å². The summed E-state index contributed by atoms with van der Waals surface area (Å²) in [5.74, 6) is 0.736. The standard InChI is InChI=1S/C18H24O4/c1-13(2)6-8-21-16-10-15(18(19)20-5)11-17(12-16)22-9-7-14(3)4/h6-7,10-12H,8-9H2,1-5H3. The van der Waals surface area contributed by atoms with Crippen molar-refractivity contribution < 1.29 is 19.0 Å². The van der Waals surface area contributed by atoms with Gasteiger partial charge in [-0.2, -0.15) is 0 Å². The van der Waals surface area contributed by atoms with Gasteiger partial charge in [0.2, 0.25) is 0 Å². The van der Waals surface area contributed by atoms with Crippen LogP contribution in [0.2, 0.25) is 0 Å². The maximum absolute atomic E-state index is 11.7. The first-order valence-electron chi connectivity index (χ1n) is 7.18. The number of ether oxygens (including phenoxy) is 3. The minimum absolute atomic E-state index is 0.407. The van der Waals surface area contributed by atoms with Gasteiger partial charge in [0.15, 0.2) is 0 Å². The van der Waals surface area contributed by atoms with Gasteiger partial charge < -0.3 is 14.2 Å². The van der Waals surface area contributed by atoms with Crippen LogP contribution >= 0.6 is 0 Å². The van der Waals surface area contributed by atoms with E-state index in [-0.39, 0.29) is 0 Å². The third-order valence-corrected chi connectivity index (χ3v) is 2.78. The topological polar surface area (TPSA) is 44.8 Å². The number of hydrogen-bond donors (Lipinski definition) is 0. The van der Waals surface area contributed by atoms with Crippen LogP contribution < -0.4 is 9.47 Å². The summed E-state index contributed by atoms with van der Waals surface area (Å²) >= 11 is 0. The van der Waals surface area contributed by atoms with Crippen LogP contribution in [-0.4, -0.2) is 26.3 Å². The maximum Gasteiger partial charge on any atom is 0.338 e. The highest BCUT2D eigenvalue weighted by Crippen LogP contribution is 2.24. The fourth-order valence-electron chi connectivity index (χ4n) is 1.58. The van der Waals surface area contributed by atoms with Gasteiger partial charge in [0, 0.05) is 6.07 Å². The third kappa shape index (κ3) is 6.48. The lowest BCUT2D eigenvalue weighted by atomic mass is 10.2. The summed E-state index contributed by atoms with van der Waals surface area (Å²) in [5.41, 5.74) is 2.75. The molecule has 0 aliphatic heterocycles. The highest BCUT2D eigenvalue weighted by atomic mass is 16.5. The Kier molecular flexibility index (Phi) is 7.23. The molecular formula is C18H24O4. The lowest BCUT2D eigenvalue weighted by molar-refractivity contribution is 0.0599. The molecule has 0 unspecified atom stereocenters. The lowest BCUT2D eigenvalue weighted by Crippen LogP contribution is -2.04. The van der Waals surface area contributed by atoms with Crippen molar-refractivity contribution in [3.8, 4) is 11.5 Å². The zero-order valence-corrected chi connectivity index (χ0v) is 13.9. The van der Waals surface area contributed by atoms with E-state index < -0.39 is 5.97 Å². The minimum Gasteiger partial charge on any atom is -0.489 e. The molecule has 0 atom stereocenters. The molecule has 0 aliphatic rings. The minimum atomic E-state index is -0.417. The highest BCUT2D eigenvalue weighted by Gasteiger charge is 2.10. The summed E-state index contributed by atoms with van der Waals surface area (Å²) < 4.78 is 16.0. The molecule has 0 N–H and O–H groups in total. The fourth-order valence-corrected chi connectivity index (χ4v) is 1.58. The van der Waals surface area contributed by atoms with Crippen molar-refractivity contribution in [2.24, 2.45) is 0 Å². The van der Waals surface area contributed by atoms with Gasteiger partial charge in [-0.3, -0.25) is 0 Å². The van der Waals surface area contributed by atoms with E-state index in [0.717, 1.165) is 0 Å². The van der Waals surface area contributed by atoms with E-state index in [1.54, 1.807) is 18.2 Å².